The number of aryl methyl sites for hydroxylation is 1. The Morgan fingerprint density at radius 1 is 1.47 bits per heavy atom. The average molecular weight is 282 g/mol. The van der Waals surface area contributed by atoms with Gasteiger partial charge in [-0.3, -0.25) is 4.79 Å². The number of nitrogens with zero attached hydrogens (tertiary/aromatic N) is 1. The van der Waals surface area contributed by atoms with Crippen LogP contribution in [0.2, 0.25) is 0 Å². The summed E-state index contributed by atoms with van der Waals surface area (Å²) in [5.74, 6) is -0.0803. The molecule has 1 N–H and O–H groups in total. The van der Waals surface area contributed by atoms with Gasteiger partial charge in [0.25, 0.3) is 0 Å². The first-order valence-corrected chi connectivity index (χ1v) is 7.81. The molecule has 1 aliphatic carbocycles. The standard InChI is InChI=1S/C14H22N2O2S/c1-10-9-19-13(16-10)8-15-12-7-5-3-4-6-11(12)14(17)18-2/h9,11-12,15H,3-8H2,1-2H3/t11-,12-/m1/s1. The summed E-state index contributed by atoms with van der Waals surface area (Å²) in [5, 5.41) is 6.65. The van der Waals surface area contributed by atoms with Gasteiger partial charge in [-0.15, -0.1) is 11.3 Å². The Labute approximate surface area is 118 Å². The lowest BCUT2D eigenvalue weighted by Crippen LogP contribution is -2.39. The van der Waals surface area contributed by atoms with Crippen molar-refractivity contribution in [2.24, 2.45) is 5.92 Å². The molecule has 4 nitrogen and oxygen atoms in total. The van der Waals surface area contributed by atoms with Crippen molar-refractivity contribution in [3.05, 3.63) is 16.1 Å². The quantitative estimate of drug-likeness (QED) is 0.681. The van der Waals surface area contributed by atoms with E-state index in [1.54, 1.807) is 11.3 Å². The van der Waals surface area contributed by atoms with E-state index in [1.807, 2.05) is 6.92 Å². The van der Waals surface area contributed by atoms with Crippen LogP contribution in [-0.2, 0) is 16.1 Å². The highest BCUT2D eigenvalue weighted by molar-refractivity contribution is 7.09. The molecule has 0 unspecified atom stereocenters. The van der Waals surface area contributed by atoms with Crippen LogP contribution in [0.15, 0.2) is 5.38 Å². The number of methoxy groups -OCH3 is 1. The highest BCUT2D eigenvalue weighted by atomic mass is 32.1. The number of hydrogen-bond acceptors (Lipinski definition) is 5. The number of carbonyl (C=O) groups is 1. The van der Waals surface area contributed by atoms with Gasteiger partial charge in [0.05, 0.1) is 13.0 Å². The predicted octanol–water partition coefficient (Wildman–Crippen LogP) is 2.66. The van der Waals surface area contributed by atoms with E-state index in [-0.39, 0.29) is 17.9 Å². The Kier molecular flexibility index (Phi) is 5.34. The first-order valence-electron chi connectivity index (χ1n) is 6.93. The summed E-state index contributed by atoms with van der Waals surface area (Å²) in [6.07, 6.45) is 5.49. The van der Waals surface area contributed by atoms with Crippen molar-refractivity contribution < 1.29 is 9.53 Å². The van der Waals surface area contributed by atoms with E-state index < -0.39 is 0 Å². The van der Waals surface area contributed by atoms with E-state index in [2.05, 4.69) is 15.7 Å². The van der Waals surface area contributed by atoms with Gasteiger partial charge in [0, 0.05) is 23.7 Å². The Morgan fingerprint density at radius 3 is 2.95 bits per heavy atom. The molecule has 1 fully saturated rings. The van der Waals surface area contributed by atoms with Gasteiger partial charge in [-0.05, 0) is 19.8 Å². The van der Waals surface area contributed by atoms with Crippen LogP contribution in [0.5, 0.6) is 0 Å². The molecule has 1 aliphatic rings. The minimum absolute atomic E-state index is 0.00596. The molecule has 2 rings (SSSR count). The van der Waals surface area contributed by atoms with E-state index >= 15 is 0 Å². The van der Waals surface area contributed by atoms with Crippen LogP contribution in [-0.4, -0.2) is 24.1 Å². The van der Waals surface area contributed by atoms with Crippen molar-refractivity contribution in [3.8, 4) is 0 Å². The Morgan fingerprint density at radius 2 is 2.26 bits per heavy atom. The highest BCUT2D eigenvalue weighted by Gasteiger charge is 2.30. The number of rotatable bonds is 4. The zero-order valence-electron chi connectivity index (χ0n) is 11.6. The van der Waals surface area contributed by atoms with E-state index in [1.165, 1.54) is 20.0 Å². The van der Waals surface area contributed by atoms with E-state index in [0.29, 0.717) is 0 Å². The average Bonchev–Trinajstić information content (AvgIpc) is 2.69. The number of carbonyl (C=O) groups excluding carboxylic acids is 1. The second-order valence-corrected chi connectivity index (χ2v) is 6.08. The predicted molar refractivity (Wildman–Crippen MR) is 76.1 cm³/mol. The number of hydrogen-bond donors (Lipinski definition) is 1. The Balaban J connectivity index is 1.95. The van der Waals surface area contributed by atoms with Gasteiger partial charge in [0.15, 0.2) is 0 Å². The molecule has 19 heavy (non-hydrogen) atoms. The summed E-state index contributed by atoms with van der Waals surface area (Å²) in [6.45, 7) is 2.75. The lowest BCUT2D eigenvalue weighted by atomic mass is 9.95. The minimum atomic E-state index is -0.0743. The van der Waals surface area contributed by atoms with Gasteiger partial charge in [0.1, 0.15) is 5.01 Å². The summed E-state index contributed by atoms with van der Waals surface area (Å²) >= 11 is 1.67. The molecule has 1 saturated carbocycles. The van der Waals surface area contributed by atoms with Crippen LogP contribution in [0.4, 0.5) is 0 Å². The number of nitrogens with one attached hydrogen (secondary N) is 1. The minimum Gasteiger partial charge on any atom is -0.469 e. The van der Waals surface area contributed by atoms with Crippen molar-refractivity contribution in [2.45, 2.75) is 51.6 Å². The van der Waals surface area contributed by atoms with Gasteiger partial charge >= 0.3 is 5.97 Å². The molecular weight excluding hydrogens is 260 g/mol. The van der Waals surface area contributed by atoms with Crippen molar-refractivity contribution in [2.75, 3.05) is 7.11 Å². The molecule has 0 spiro atoms. The van der Waals surface area contributed by atoms with Gasteiger partial charge in [0.2, 0.25) is 0 Å². The van der Waals surface area contributed by atoms with Crippen molar-refractivity contribution >= 4 is 17.3 Å². The van der Waals surface area contributed by atoms with Crippen LogP contribution in [0, 0.1) is 12.8 Å². The number of thiazole rings is 1. The molecule has 0 amide bonds. The molecule has 5 heteroatoms. The summed E-state index contributed by atoms with van der Waals surface area (Å²) in [5.41, 5.74) is 1.06. The van der Waals surface area contributed by atoms with Gasteiger partial charge in [-0.2, -0.15) is 0 Å². The topological polar surface area (TPSA) is 51.2 Å². The molecule has 0 bridgehead atoms. The Bertz CT molecular complexity index is 419. The van der Waals surface area contributed by atoms with Crippen LogP contribution in [0.1, 0.15) is 42.8 Å². The summed E-state index contributed by atoms with van der Waals surface area (Å²) in [4.78, 5) is 16.3. The van der Waals surface area contributed by atoms with Gasteiger partial charge in [-0.25, -0.2) is 4.98 Å². The van der Waals surface area contributed by atoms with Crippen molar-refractivity contribution in [3.63, 3.8) is 0 Å². The third-order valence-electron chi connectivity index (χ3n) is 3.70. The summed E-state index contributed by atoms with van der Waals surface area (Å²) in [6, 6.07) is 0.221. The molecular formula is C14H22N2O2S. The molecule has 0 radical (unpaired) electrons. The molecule has 1 aromatic heterocycles. The smallest absolute Gasteiger partial charge is 0.310 e. The van der Waals surface area contributed by atoms with Crippen LogP contribution < -0.4 is 5.32 Å². The molecule has 0 aliphatic heterocycles. The van der Waals surface area contributed by atoms with Crippen molar-refractivity contribution in [1.29, 1.82) is 0 Å². The first kappa shape index (κ1) is 14.5. The molecule has 2 atom stereocenters. The second-order valence-electron chi connectivity index (χ2n) is 5.14. The molecule has 106 valence electrons. The van der Waals surface area contributed by atoms with Crippen LogP contribution >= 0.6 is 11.3 Å². The van der Waals surface area contributed by atoms with E-state index in [0.717, 1.165) is 36.5 Å². The van der Waals surface area contributed by atoms with E-state index in [9.17, 15) is 4.79 Å². The third kappa shape index (κ3) is 4.01. The fourth-order valence-corrected chi connectivity index (χ4v) is 3.41. The fraction of sp³-hybridized carbons (Fsp3) is 0.714. The van der Waals surface area contributed by atoms with Crippen LogP contribution in [0.3, 0.4) is 0 Å². The molecule has 1 aromatic rings. The molecule has 0 saturated heterocycles. The monoisotopic (exact) mass is 282 g/mol. The number of esters is 1. The Hall–Kier alpha value is -0.940. The maximum atomic E-state index is 11.9. The van der Waals surface area contributed by atoms with Gasteiger partial charge < -0.3 is 10.1 Å². The maximum absolute atomic E-state index is 11.9. The number of ether oxygens (including phenoxy) is 1. The summed E-state index contributed by atoms with van der Waals surface area (Å²) < 4.78 is 4.94. The zero-order chi connectivity index (χ0) is 13.7. The third-order valence-corrected chi connectivity index (χ3v) is 4.67. The molecule has 0 aromatic carbocycles. The van der Waals surface area contributed by atoms with E-state index in [4.69, 9.17) is 4.74 Å². The van der Waals surface area contributed by atoms with Gasteiger partial charge in [-0.1, -0.05) is 19.3 Å². The van der Waals surface area contributed by atoms with Crippen molar-refractivity contribution in [1.82, 2.24) is 10.3 Å². The lowest BCUT2D eigenvalue weighted by Gasteiger charge is -2.23. The summed E-state index contributed by atoms with van der Waals surface area (Å²) in [7, 11) is 1.48. The lowest BCUT2D eigenvalue weighted by molar-refractivity contribution is -0.146. The normalized spacial score (nSPS) is 23.9. The zero-order valence-corrected chi connectivity index (χ0v) is 12.5. The second kappa shape index (κ2) is 7.01. The largest absolute Gasteiger partial charge is 0.469 e. The maximum Gasteiger partial charge on any atom is 0.310 e. The SMILES string of the molecule is COC(=O)[C@@H]1CCCCC[C@H]1NCc1nc(C)cs1. The number of aromatic nitrogens is 1. The van der Waals surface area contributed by atoms with Crippen LogP contribution in [0.25, 0.3) is 0 Å². The first-order chi connectivity index (χ1) is 9.20. The fourth-order valence-electron chi connectivity index (χ4n) is 2.69. The highest BCUT2D eigenvalue weighted by Crippen LogP contribution is 2.25. The molecule has 1 heterocycles.